The molecule has 1 nitrogen and oxygen atoms in total. The van der Waals surface area contributed by atoms with Gasteiger partial charge >= 0.3 is 110 Å². The monoisotopic (exact) mass is 340 g/mol. The molecule has 2 heteroatoms. The van der Waals surface area contributed by atoms with Crippen molar-refractivity contribution < 1.29 is 4.74 Å². The van der Waals surface area contributed by atoms with Crippen LogP contribution in [0.4, 0.5) is 0 Å². The molecule has 17 heavy (non-hydrogen) atoms. The molecule has 94 valence electrons. The minimum absolute atomic E-state index is 0.932. The first kappa shape index (κ1) is 14.6. The SMILES string of the molecule is COc1ccc(C([CH2][Sn]([CH3])([CH3])[CH3])=C(C)C)cc1. The van der Waals surface area contributed by atoms with E-state index in [-0.39, 0.29) is 0 Å². The van der Waals surface area contributed by atoms with E-state index in [0.717, 1.165) is 5.75 Å². The molecule has 0 amide bonds. The molecule has 0 aliphatic rings. The van der Waals surface area contributed by atoms with Gasteiger partial charge in [-0.2, -0.15) is 0 Å². The van der Waals surface area contributed by atoms with Crippen molar-refractivity contribution in [3.8, 4) is 5.75 Å². The van der Waals surface area contributed by atoms with Gasteiger partial charge in [-0.05, 0) is 0 Å². The predicted molar refractivity (Wildman–Crippen MR) is 79.4 cm³/mol. The van der Waals surface area contributed by atoms with E-state index in [1.54, 1.807) is 7.11 Å². The normalized spacial score (nSPS) is 11.2. The number of benzene rings is 1. The summed E-state index contributed by atoms with van der Waals surface area (Å²) in [5.41, 5.74) is 4.34. The average molecular weight is 339 g/mol. The predicted octanol–water partition coefficient (Wildman–Crippen LogP) is 4.83. The summed E-state index contributed by atoms with van der Waals surface area (Å²) < 4.78 is 6.52. The van der Waals surface area contributed by atoms with Crippen molar-refractivity contribution in [3.63, 3.8) is 0 Å². The second kappa shape index (κ2) is 5.94. The van der Waals surface area contributed by atoms with Gasteiger partial charge in [-0.15, -0.1) is 0 Å². The molecule has 0 aliphatic carbocycles. The van der Waals surface area contributed by atoms with Crippen LogP contribution in [0.3, 0.4) is 0 Å². The Morgan fingerprint density at radius 1 is 1.06 bits per heavy atom. The Balaban J connectivity index is 3.04. The minimum atomic E-state index is -1.79. The van der Waals surface area contributed by atoms with Crippen LogP contribution in [0.15, 0.2) is 29.8 Å². The molecule has 0 fully saturated rings. The maximum atomic E-state index is 5.21. The van der Waals surface area contributed by atoms with Crippen LogP contribution < -0.4 is 4.74 Å². The summed E-state index contributed by atoms with van der Waals surface area (Å²) in [6, 6.07) is 8.46. The van der Waals surface area contributed by atoms with E-state index in [1.807, 2.05) is 0 Å². The second-order valence-corrected chi connectivity index (χ2v) is 21.6. The van der Waals surface area contributed by atoms with Crippen LogP contribution >= 0.6 is 0 Å². The summed E-state index contributed by atoms with van der Waals surface area (Å²) in [6.45, 7) is 4.44. The van der Waals surface area contributed by atoms with Gasteiger partial charge in [0.05, 0.1) is 0 Å². The third-order valence-electron chi connectivity index (χ3n) is 2.75. The number of rotatable bonds is 4. The number of allylic oxidation sites excluding steroid dienone is 2. The zero-order valence-corrected chi connectivity index (χ0v) is 14.8. The molecule has 0 N–H and O–H groups in total. The Morgan fingerprint density at radius 3 is 1.94 bits per heavy atom. The van der Waals surface area contributed by atoms with Gasteiger partial charge in [-0.1, -0.05) is 0 Å². The third kappa shape index (κ3) is 4.74. The molecular formula is C15H24OSn. The Morgan fingerprint density at radius 2 is 1.59 bits per heavy atom. The molecule has 0 atom stereocenters. The molecule has 1 rings (SSSR count). The van der Waals surface area contributed by atoms with Crippen LogP contribution in [0.5, 0.6) is 5.75 Å². The van der Waals surface area contributed by atoms with Gasteiger partial charge in [0.2, 0.25) is 0 Å². The maximum absolute atomic E-state index is 5.21. The summed E-state index contributed by atoms with van der Waals surface area (Å²) >= 11 is -1.79. The first-order chi connectivity index (χ1) is 7.83. The molecule has 0 aromatic heterocycles. The molecule has 0 saturated carbocycles. The van der Waals surface area contributed by atoms with Crippen LogP contribution in [-0.4, -0.2) is 25.5 Å². The van der Waals surface area contributed by atoms with E-state index in [2.05, 4.69) is 52.9 Å². The van der Waals surface area contributed by atoms with Crippen molar-refractivity contribution in [1.29, 1.82) is 0 Å². The van der Waals surface area contributed by atoms with Crippen molar-refractivity contribution in [1.82, 2.24) is 0 Å². The van der Waals surface area contributed by atoms with Crippen LogP contribution in [0, 0.1) is 0 Å². The zero-order valence-electron chi connectivity index (χ0n) is 11.9. The van der Waals surface area contributed by atoms with E-state index in [1.165, 1.54) is 21.1 Å². The Labute approximate surface area is 110 Å². The van der Waals surface area contributed by atoms with Crippen molar-refractivity contribution >= 4 is 24.0 Å². The molecule has 0 spiro atoms. The van der Waals surface area contributed by atoms with E-state index in [4.69, 9.17) is 4.74 Å². The van der Waals surface area contributed by atoms with E-state index in [0.29, 0.717) is 0 Å². The van der Waals surface area contributed by atoms with Gasteiger partial charge in [-0.3, -0.25) is 0 Å². The topological polar surface area (TPSA) is 9.23 Å². The Hall–Kier alpha value is -0.441. The van der Waals surface area contributed by atoms with Crippen molar-refractivity contribution in [3.05, 3.63) is 35.4 Å². The fourth-order valence-corrected chi connectivity index (χ4v) is 6.51. The fourth-order valence-electron chi connectivity index (χ4n) is 1.89. The molecule has 0 radical (unpaired) electrons. The van der Waals surface area contributed by atoms with Crippen molar-refractivity contribution in [2.75, 3.05) is 7.11 Å². The third-order valence-corrected chi connectivity index (χ3v) is 6.79. The Bertz CT molecular complexity index is 392. The summed E-state index contributed by atoms with van der Waals surface area (Å²) in [7, 11) is 1.71. The van der Waals surface area contributed by atoms with E-state index >= 15 is 0 Å². The van der Waals surface area contributed by atoms with Crippen LogP contribution in [0.1, 0.15) is 19.4 Å². The van der Waals surface area contributed by atoms with Gasteiger partial charge in [0.1, 0.15) is 0 Å². The van der Waals surface area contributed by atoms with Crippen molar-refractivity contribution in [2.24, 2.45) is 0 Å². The molecule has 1 aromatic carbocycles. The summed E-state index contributed by atoms with van der Waals surface area (Å²) in [5.74, 6) is 0.932. The Kier molecular flexibility index (Phi) is 5.11. The molecule has 0 bridgehead atoms. The van der Waals surface area contributed by atoms with Gasteiger partial charge < -0.3 is 0 Å². The average Bonchev–Trinajstić information content (AvgIpc) is 2.25. The molecule has 0 heterocycles. The van der Waals surface area contributed by atoms with Crippen LogP contribution in [0.25, 0.3) is 5.57 Å². The number of methoxy groups -OCH3 is 1. The van der Waals surface area contributed by atoms with E-state index < -0.39 is 18.4 Å². The molecule has 0 unspecified atom stereocenters. The summed E-state index contributed by atoms with van der Waals surface area (Å²) in [6.07, 6.45) is 0. The summed E-state index contributed by atoms with van der Waals surface area (Å²) in [5, 5.41) is 0. The van der Waals surface area contributed by atoms with Gasteiger partial charge in [-0.25, -0.2) is 0 Å². The fraction of sp³-hybridized carbons (Fsp3) is 0.467. The van der Waals surface area contributed by atoms with Gasteiger partial charge in [0.25, 0.3) is 0 Å². The molecule has 1 aromatic rings. The first-order valence-corrected chi connectivity index (χ1v) is 16.7. The number of hydrogen-bond acceptors (Lipinski definition) is 1. The van der Waals surface area contributed by atoms with Crippen molar-refractivity contribution in [2.45, 2.75) is 33.1 Å². The van der Waals surface area contributed by atoms with Crippen LogP contribution in [0.2, 0.25) is 19.3 Å². The molecular weight excluding hydrogens is 315 g/mol. The first-order valence-electron chi connectivity index (χ1n) is 6.14. The van der Waals surface area contributed by atoms with Gasteiger partial charge in [0.15, 0.2) is 0 Å². The second-order valence-electron chi connectivity index (χ2n) is 5.94. The number of hydrogen-bond donors (Lipinski definition) is 0. The quantitative estimate of drug-likeness (QED) is 0.714. The molecule has 0 aliphatic heterocycles. The summed E-state index contributed by atoms with van der Waals surface area (Å²) in [4.78, 5) is 7.46. The molecule has 0 saturated heterocycles. The van der Waals surface area contributed by atoms with Crippen LogP contribution in [-0.2, 0) is 0 Å². The zero-order chi connectivity index (χ0) is 13.1. The standard InChI is InChI=1S/C12H15O.3CH3.Sn/c1-9(2)10(3)11-5-7-12(13-4)8-6-11;;;;/h5-8H,3H2,1-2,4H3;3*1H3;. The number of ether oxygens (including phenoxy) is 1. The van der Waals surface area contributed by atoms with E-state index in [9.17, 15) is 0 Å². The van der Waals surface area contributed by atoms with Gasteiger partial charge in [0, 0.05) is 0 Å².